The van der Waals surface area contributed by atoms with Gasteiger partial charge in [-0.2, -0.15) is 4.79 Å². The van der Waals surface area contributed by atoms with Gasteiger partial charge in [-0.1, -0.05) is 19.9 Å². The number of rotatable bonds is 5. The summed E-state index contributed by atoms with van der Waals surface area (Å²) in [5.74, 6) is 0. The molecule has 4 nitrogen and oxygen atoms in total. The van der Waals surface area contributed by atoms with E-state index in [2.05, 4.69) is 16.4 Å². The van der Waals surface area contributed by atoms with Gasteiger partial charge in [-0.3, -0.25) is 4.89 Å². The lowest BCUT2D eigenvalue weighted by Crippen LogP contribution is -2.15. The average Bonchev–Trinajstić information content (AvgIpc) is 2.01. The maximum absolute atomic E-state index is 10.7. The Morgan fingerprint density at radius 1 is 1.67 bits per heavy atom. The van der Waals surface area contributed by atoms with Gasteiger partial charge in [0.15, 0.2) is 0 Å². The number of carbonyl (C=O) groups is 1. The first-order valence-corrected chi connectivity index (χ1v) is 3.85. The molecule has 0 spiro atoms. The zero-order valence-electron chi connectivity index (χ0n) is 7.41. The molecule has 0 aromatic rings. The summed E-state index contributed by atoms with van der Waals surface area (Å²) in [6, 6.07) is 0. The minimum absolute atomic E-state index is 0.143. The minimum atomic E-state index is -0.837. The van der Waals surface area contributed by atoms with E-state index in [1.54, 1.807) is 6.92 Å². The maximum Gasteiger partial charge on any atom is 0.550 e. The third-order valence-electron chi connectivity index (χ3n) is 1.18. The normalized spacial score (nSPS) is 11.5. The molecular formula is C8H14O4. The predicted molar refractivity (Wildman–Crippen MR) is 43.2 cm³/mol. The van der Waals surface area contributed by atoms with Crippen LogP contribution in [0, 0.1) is 0 Å². The van der Waals surface area contributed by atoms with Crippen molar-refractivity contribution in [2.24, 2.45) is 0 Å². The first kappa shape index (κ1) is 10.8. The lowest BCUT2D eigenvalue weighted by atomic mass is 10.2. The van der Waals surface area contributed by atoms with Gasteiger partial charge in [0, 0.05) is 0 Å². The van der Waals surface area contributed by atoms with Crippen LogP contribution >= 0.6 is 0 Å². The summed E-state index contributed by atoms with van der Waals surface area (Å²) in [4.78, 5) is 19.0. The highest BCUT2D eigenvalue weighted by atomic mass is 17.2. The van der Waals surface area contributed by atoms with E-state index < -0.39 is 6.16 Å². The Balaban J connectivity index is 3.46. The molecular weight excluding hydrogens is 160 g/mol. The zero-order valence-corrected chi connectivity index (χ0v) is 7.41. The van der Waals surface area contributed by atoms with Gasteiger partial charge in [-0.05, 0) is 13.3 Å². The number of carbonyl (C=O) groups excluding carboxylic acids is 1. The van der Waals surface area contributed by atoms with Gasteiger partial charge in [-0.15, -0.1) is 0 Å². The van der Waals surface area contributed by atoms with Gasteiger partial charge in [0.2, 0.25) is 0 Å². The van der Waals surface area contributed by atoms with E-state index in [4.69, 9.17) is 4.74 Å². The van der Waals surface area contributed by atoms with Crippen molar-refractivity contribution < 1.29 is 19.3 Å². The molecule has 0 aliphatic heterocycles. The Morgan fingerprint density at radius 3 is 2.83 bits per heavy atom. The second kappa shape index (κ2) is 6.52. The average molecular weight is 174 g/mol. The van der Waals surface area contributed by atoms with Crippen molar-refractivity contribution in [1.82, 2.24) is 0 Å². The van der Waals surface area contributed by atoms with Gasteiger partial charge < -0.3 is 4.74 Å². The largest absolute Gasteiger partial charge is 0.550 e. The fraction of sp³-hybridized carbons (Fsp3) is 0.625. The molecule has 0 heterocycles. The molecule has 0 amide bonds. The van der Waals surface area contributed by atoms with Crippen molar-refractivity contribution in [3.8, 4) is 0 Å². The van der Waals surface area contributed by atoms with Crippen LogP contribution < -0.4 is 0 Å². The highest BCUT2D eigenvalue weighted by Gasteiger charge is 2.09. The molecule has 1 atom stereocenters. The molecule has 0 saturated heterocycles. The molecule has 0 aliphatic rings. The second-order valence-electron chi connectivity index (χ2n) is 2.31. The van der Waals surface area contributed by atoms with Crippen molar-refractivity contribution in [2.75, 3.05) is 0 Å². The quantitative estimate of drug-likeness (QED) is 0.278. The fourth-order valence-corrected chi connectivity index (χ4v) is 0.723. The van der Waals surface area contributed by atoms with Gasteiger partial charge in [0.1, 0.15) is 12.4 Å². The maximum atomic E-state index is 10.7. The molecule has 0 rings (SSSR count). The SMILES string of the molecule is C=COOC(=O)OC(C)CCC. The van der Waals surface area contributed by atoms with E-state index in [9.17, 15) is 4.79 Å². The van der Waals surface area contributed by atoms with Crippen molar-refractivity contribution in [3.05, 3.63) is 12.8 Å². The van der Waals surface area contributed by atoms with Crippen LogP contribution in [-0.4, -0.2) is 12.3 Å². The molecule has 12 heavy (non-hydrogen) atoms. The van der Waals surface area contributed by atoms with Gasteiger partial charge in [0.25, 0.3) is 0 Å². The summed E-state index contributed by atoms with van der Waals surface area (Å²) in [6.07, 6.45) is 1.79. The van der Waals surface area contributed by atoms with Crippen LogP contribution in [0.3, 0.4) is 0 Å². The van der Waals surface area contributed by atoms with Crippen molar-refractivity contribution in [1.29, 1.82) is 0 Å². The smallest absolute Gasteiger partial charge is 0.429 e. The van der Waals surface area contributed by atoms with Crippen LogP contribution in [0.5, 0.6) is 0 Å². The lowest BCUT2D eigenvalue weighted by Gasteiger charge is -2.09. The van der Waals surface area contributed by atoms with Gasteiger partial charge >= 0.3 is 6.16 Å². The molecule has 0 fully saturated rings. The van der Waals surface area contributed by atoms with E-state index in [1.807, 2.05) is 6.92 Å². The summed E-state index contributed by atoms with van der Waals surface area (Å²) in [6.45, 7) is 6.99. The molecule has 4 heteroatoms. The molecule has 0 bridgehead atoms. The van der Waals surface area contributed by atoms with E-state index >= 15 is 0 Å². The highest BCUT2D eigenvalue weighted by molar-refractivity contribution is 5.59. The molecule has 1 unspecified atom stereocenters. The third-order valence-corrected chi connectivity index (χ3v) is 1.18. The molecule has 0 radical (unpaired) electrons. The topological polar surface area (TPSA) is 44.8 Å². The van der Waals surface area contributed by atoms with Crippen molar-refractivity contribution in [3.63, 3.8) is 0 Å². The molecule has 0 aliphatic carbocycles. The molecule has 0 aromatic heterocycles. The lowest BCUT2D eigenvalue weighted by molar-refractivity contribution is -0.211. The summed E-state index contributed by atoms with van der Waals surface area (Å²) >= 11 is 0. The summed E-state index contributed by atoms with van der Waals surface area (Å²) in [5, 5.41) is 0. The first-order valence-electron chi connectivity index (χ1n) is 3.85. The Bertz CT molecular complexity index is 144. The molecule has 70 valence electrons. The Kier molecular flexibility index (Phi) is 5.87. The van der Waals surface area contributed by atoms with E-state index in [0.29, 0.717) is 0 Å². The van der Waals surface area contributed by atoms with Crippen molar-refractivity contribution in [2.45, 2.75) is 32.8 Å². The predicted octanol–water partition coefficient (Wildman–Crippen LogP) is 2.40. The van der Waals surface area contributed by atoms with E-state index in [1.165, 1.54) is 0 Å². The zero-order chi connectivity index (χ0) is 9.40. The van der Waals surface area contributed by atoms with Crippen LogP contribution in [0.2, 0.25) is 0 Å². The number of hydrogen-bond acceptors (Lipinski definition) is 4. The number of ether oxygens (including phenoxy) is 1. The molecule has 0 saturated carbocycles. The van der Waals surface area contributed by atoms with E-state index in [0.717, 1.165) is 19.1 Å². The van der Waals surface area contributed by atoms with Crippen LogP contribution in [0.15, 0.2) is 12.8 Å². The van der Waals surface area contributed by atoms with Crippen molar-refractivity contribution >= 4 is 6.16 Å². The minimum Gasteiger partial charge on any atom is -0.429 e. The van der Waals surface area contributed by atoms with Gasteiger partial charge in [-0.25, -0.2) is 4.89 Å². The fourth-order valence-electron chi connectivity index (χ4n) is 0.723. The molecule has 0 aromatic carbocycles. The summed E-state index contributed by atoms with van der Waals surface area (Å²) in [7, 11) is 0. The standard InChI is InChI=1S/C8H14O4/c1-4-6-7(3)11-8(9)12-10-5-2/h5,7H,2,4,6H2,1,3H3. The van der Waals surface area contributed by atoms with Gasteiger partial charge in [0.05, 0.1) is 0 Å². The van der Waals surface area contributed by atoms with Crippen LogP contribution in [0.25, 0.3) is 0 Å². The Hall–Kier alpha value is -1.19. The van der Waals surface area contributed by atoms with Crippen LogP contribution in [-0.2, 0) is 14.5 Å². The monoisotopic (exact) mass is 174 g/mol. The molecule has 0 N–H and O–H groups in total. The highest BCUT2D eigenvalue weighted by Crippen LogP contribution is 2.02. The number of hydrogen-bond donors (Lipinski definition) is 0. The Morgan fingerprint density at radius 2 is 2.33 bits per heavy atom. The second-order valence-corrected chi connectivity index (χ2v) is 2.31. The first-order chi connectivity index (χ1) is 5.70. The summed E-state index contributed by atoms with van der Waals surface area (Å²) < 4.78 is 4.76. The van der Waals surface area contributed by atoms with Crippen LogP contribution in [0.1, 0.15) is 26.7 Å². The Labute approximate surface area is 72.0 Å². The summed E-state index contributed by atoms with van der Waals surface area (Å²) in [5.41, 5.74) is 0. The van der Waals surface area contributed by atoms with Crippen LogP contribution in [0.4, 0.5) is 4.79 Å². The van der Waals surface area contributed by atoms with E-state index in [-0.39, 0.29) is 6.10 Å². The third kappa shape index (κ3) is 5.58.